The molecule has 0 fully saturated rings. The molecule has 14 heavy (non-hydrogen) atoms. The first-order chi connectivity index (χ1) is 6.51. The van der Waals surface area contributed by atoms with Gasteiger partial charge in [-0.25, -0.2) is 4.79 Å². The number of hydrogen-bond acceptors (Lipinski definition) is 4. The summed E-state index contributed by atoms with van der Waals surface area (Å²) >= 11 is 0. The van der Waals surface area contributed by atoms with E-state index in [9.17, 15) is 4.79 Å². The molecule has 0 aromatic heterocycles. The molecular formula is C9H18O5. The number of aliphatic hydroxyl groups is 1. The van der Waals surface area contributed by atoms with Crippen LogP contribution in [0.4, 0.5) is 0 Å². The molecule has 84 valence electrons. The molecule has 0 saturated carbocycles. The Kier molecular flexibility index (Phi) is 5.68. The van der Waals surface area contributed by atoms with E-state index in [1.54, 1.807) is 13.8 Å². The van der Waals surface area contributed by atoms with E-state index in [1.165, 1.54) is 7.11 Å². The Morgan fingerprint density at radius 1 is 1.50 bits per heavy atom. The number of carboxylic acids is 1. The zero-order valence-corrected chi connectivity index (χ0v) is 8.82. The van der Waals surface area contributed by atoms with E-state index in [1.807, 2.05) is 0 Å². The average Bonchev–Trinajstić information content (AvgIpc) is 2.11. The monoisotopic (exact) mass is 206 g/mol. The highest BCUT2D eigenvalue weighted by atomic mass is 16.6. The molecule has 1 unspecified atom stereocenters. The molecule has 0 aromatic rings. The van der Waals surface area contributed by atoms with Crippen molar-refractivity contribution in [3.8, 4) is 0 Å². The van der Waals surface area contributed by atoms with Gasteiger partial charge in [0, 0.05) is 7.11 Å². The van der Waals surface area contributed by atoms with E-state index in [2.05, 4.69) is 0 Å². The molecule has 2 N–H and O–H groups in total. The van der Waals surface area contributed by atoms with Gasteiger partial charge in [0.05, 0.1) is 19.8 Å². The van der Waals surface area contributed by atoms with E-state index in [0.717, 1.165) is 0 Å². The lowest BCUT2D eigenvalue weighted by atomic mass is 9.91. The Bertz CT molecular complexity index is 180. The van der Waals surface area contributed by atoms with Crippen molar-refractivity contribution in [1.82, 2.24) is 0 Å². The van der Waals surface area contributed by atoms with Crippen LogP contribution in [0.2, 0.25) is 0 Å². The standard InChI is InChI=1S/C9H18O5/c1-7(2)9(6-13-3,8(11)12)14-5-4-10/h7,10H,4-6H2,1-3H3,(H,11,12). The minimum atomic E-state index is -1.36. The summed E-state index contributed by atoms with van der Waals surface area (Å²) in [6.45, 7) is 3.24. The second-order valence-electron chi connectivity index (χ2n) is 3.35. The van der Waals surface area contributed by atoms with Crippen molar-refractivity contribution >= 4 is 5.97 Å². The molecule has 0 heterocycles. The summed E-state index contributed by atoms with van der Waals surface area (Å²) in [6, 6.07) is 0. The highest BCUT2D eigenvalue weighted by molar-refractivity contribution is 5.78. The van der Waals surface area contributed by atoms with Crippen molar-refractivity contribution in [1.29, 1.82) is 0 Å². The predicted octanol–water partition coefficient (Wildman–Crippen LogP) is 0.121. The average molecular weight is 206 g/mol. The Morgan fingerprint density at radius 2 is 2.07 bits per heavy atom. The Morgan fingerprint density at radius 3 is 2.36 bits per heavy atom. The van der Waals surface area contributed by atoms with Gasteiger partial charge < -0.3 is 19.7 Å². The molecule has 1 atom stereocenters. The molecule has 0 radical (unpaired) electrons. The van der Waals surface area contributed by atoms with E-state index in [-0.39, 0.29) is 25.7 Å². The lowest BCUT2D eigenvalue weighted by Gasteiger charge is -2.32. The zero-order valence-electron chi connectivity index (χ0n) is 8.82. The third-order valence-electron chi connectivity index (χ3n) is 2.10. The van der Waals surface area contributed by atoms with Crippen molar-refractivity contribution in [3.63, 3.8) is 0 Å². The van der Waals surface area contributed by atoms with Gasteiger partial charge in [-0.3, -0.25) is 0 Å². The molecule has 5 nitrogen and oxygen atoms in total. The van der Waals surface area contributed by atoms with Gasteiger partial charge in [-0.15, -0.1) is 0 Å². The fraction of sp³-hybridized carbons (Fsp3) is 0.889. The first kappa shape index (κ1) is 13.4. The van der Waals surface area contributed by atoms with Gasteiger partial charge in [0.2, 0.25) is 0 Å². The molecule has 0 aromatic carbocycles. The highest BCUT2D eigenvalue weighted by Crippen LogP contribution is 2.22. The van der Waals surface area contributed by atoms with Crippen LogP contribution < -0.4 is 0 Å². The van der Waals surface area contributed by atoms with Crippen molar-refractivity contribution < 1.29 is 24.5 Å². The summed E-state index contributed by atoms with van der Waals surface area (Å²) in [5.74, 6) is -1.30. The van der Waals surface area contributed by atoms with Crippen molar-refractivity contribution in [2.75, 3.05) is 26.9 Å². The SMILES string of the molecule is COCC(OCCO)(C(=O)O)C(C)C. The molecule has 0 rings (SSSR count). The lowest BCUT2D eigenvalue weighted by molar-refractivity contribution is -0.183. The van der Waals surface area contributed by atoms with Crippen LogP contribution in [0.3, 0.4) is 0 Å². The number of ether oxygens (including phenoxy) is 2. The third-order valence-corrected chi connectivity index (χ3v) is 2.10. The van der Waals surface area contributed by atoms with Gasteiger partial charge in [-0.2, -0.15) is 0 Å². The van der Waals surface area contributed by atoms with Crippen LogP contribution in [-0.4, -0.2) is 48.7 Å². The van der Waals surface area contributed by atoms with Gasteiger partial charge in [-0.1, -0.05) is 13.8 Å². The van der Waals surface area contributed by atoms with Crippen LogP contribution in [0.15, 0.2) is 0 Å². The predicted molar refractivity (Wildman–Crippen MR) is 50.1 cm³/mol. The number of carboxylic acid groups (broad SMARTS) is 1. The molecule has 0 spiro atoms. The van der Waals surface area contributed by atoms with Crippen LogP contribution in [0, 0.1) is 5.92 Å². The summed E-state index contributed by atoms with van der Waals surface area (Å²) in [5, 5.41) is 17.7. The largest absolute Gasteiger partial charge is 0.479 e. The second kappa shape index (κ2) is 5.95. The maximum absolute atomic E-state index is 11.1. The van der Waals surface area contributed by atoms with Gasteiger partial charge >= 0.3 is 5.97 Å². The lowest BCUT2D eigenvalue weighted by Crippen LogP contribution is -2.50. The van der Waals surface area contributed by atoms with E-state index < -0.39 is 11.6 Å². The van der Waals surface area contributed by atoms with Gasteiger partial charge in [-0.05, 0) is 5.92 Å². The number of hydrogen-bond donors (Lipinski definition) is 2. The van der Waals surface area contributed by atoms with Gasteiger partial charge in [0.15, 0.2) is 5.60 Å². The van der Waals surface area contributed by atoms with Crippen LogP contribution in [-0.2, 0) is 14.3 Å². The fourth-order valence-electron chi connectivity index (χ4n) is 1.19. The molecule has 0 aliphatic heterocycles. The summed E-state index contributed by atoms with van der Waals surface area (Å²) in [5.41, 5.74) is -1.36. The molecule has 0 aliphatic rings. The number of carbonyl (C=O) groups is 1. The quantitative estimate of drug-likeness (QED) is 0.618. The fourth-order valence-corrected chi connectivity index (χ4v) is 1.19. The molecular weight excluding hydrogens is 188 g/mol. The smallest absolute Gasteiger partial charge is 0.338 e. The first-order valence-corrected chi connectivity index (χ1v) is 4.48. The minimum Gasteiger partial charge on any atom is -0.479 e. The molecule has 0 bridgehead atoms. The summed E-state index contributed by atoms with van der Waals surface area (Å²) in [7, 11) is 1.42. The highest BCUT2D eigenvalue weighted by Gasteiger charge is 2.43. The van der Waals surface area contributed by atoms with Gasteiger partial charge in [0.25, 0.3) is 0 Å². The van der Waals surface area contributed by atoms with Crippen LogP contribution >= 0.6 is 0 Å². The van der Waals surface area contributed by atoms with Crippen molar-refractivity contribution in [3.05, 3.63) is 0 Å². The Balaban J connectivity index is 4.65. The van der Waals surface area contributed by atoms with E-state index in [4.69, 9.17) is 19.7 Å². The number of aliphatic hydroxyl groups excluding tert-OH is 1. The van der Waals surface area contributed by atoms with Gasteiger partial charge in [0.1, 0.15) is 0 Å². The topological polar surface area (TPSA) is 76.0 Å². The maximum atomic E-state index is 11.1. The summed E-state index contributed by atoms with van der Waals surface area (Å²) in [4.78, 5) is 11.1. The molecule has 5 heteroatoms. The number of methoxy groups -OCH3 is 1. The molecule has 0 amide bonds. The summed E-state index contributed by atoms with van der Waals surface area (Å²) in [6.07, 6.45) is 0. The normalized spacial score (nSPS) is 15.5. The number of rotatable bonds is 7. The minimum absolute atomic E-state index is 0.00611. The first-order valence-electron chi connectivity index (χ1n) is 4.48. The van der Waals surface area contributed by atoms with Crippen LogP contribution in [0.25, 0.3) is 0 Å². The van der Waals surface area contributed by atoms with Crippen molar-refractivity contribution in [2.45, 2.75) is 19.4 Å². The third kappa shape index (κ3) is 2.94. The molecule has 0 saturated heterocycles. The molecule has 0 aliphatic carbocycles. The Hall–Kier alpha value is -0.650. The summed E-state index contributed by atoms with van der Waals surface area (Å²) < 4.78 is 10.0. The van der Waals surface area contributed by atoms with Crippen LogP contribution in [0.1, 0.15) is 13.8 Å². The zero-order chi connectivity index (χ0) is 11.2. The maximum Gasteiger partial charge on any atom is 0.338 e. The Labute approximate surface area is 83.6 Å². The van der Waals surface area contributed by atoms with Crippen molar-refractivity contribution in [2.24, 2.45) is 5.92 Å². The van der Waals surface area contributed by atoms with E-state index in [0.29, 0.717) is 0 Å². The van der Waals surface area contributed by atoms with Crippen LogP contribution in [0.5, 0.6) is 0 Å². The number of aliphatic carboxylic acids is 1. The second-order valence-corrected chi connectivity index (χ2v) is 3.35. The van der Waals surface area contributed by atoms with E-state index >= 15 is 0 Å².